The predicted octanol–water partition coefficient (Wildman–Crippen LogP) is -0.0678. The zero-order chi connectivity index (χ0) is 7.14. The van der Waals surface area contributed by atoms with Crippen LogP contribution in [0.4, 0.5) is 0 Å². The zero-order valence-electron chi connectivity index (χ0n) is 4.45. The second-order valence-corrected chi connectivity index (χ2v) is 1.57. The summed E-state index contributed by atoms with van der Waals surface area (Å²) in [6.07, 6.45) is 0. The fraction of sp³-hybridized carbons (Fsp3) is 0. The van der Waals surface area contributed by atoms with E-state index in [1.165, 1.54) is 0 Å². The van der Waals surface area contributed by atoms with Crippen molar-refractivity contribution in [1.82, 2.24) is 0 Å². The third-order valence-electron chi connectivity index (χ3n) is 0.978. The smallest absolute Gasteiger partial charge is 0.277 e. The summed E-state index contributed by atoms with van der Waals surface area (Å²) in [5.41, 5.74) is -2.20. The maximum absolute atomic E-state index is 10.4. The summed E-state index contributed by atoms with van der Waals surface area (Å²) < 4.78 is 16.0. The van der Waals surface area contributed by atoms with E-state index in [1.807, 2.05) is 0 Å². The molecule has 52 valence electrons. The standard InChI is InChI=1S/C4O6/c5-3-1-2(8-7-1)4(6)10-9-3. The van der Waals surface area contributed by atoms with Crippen LogP contribution in [0.1, 0.15) is 0 Å². The van der Waals surface area contributed by atoms with Crippen LogP contribution >= 0.6 is 0 Å². The van der Waals surface area contributed by atoms with Crippen LogP contribution < -0.4 is 11.3 Å². The second-order valence-electron chi connectivity index (χ2n) is 1.57. The molecule has 0 radical (unpaired) electrons. The lowest BCUT2D eigenvalue weighted by Crippen LogP contribution is -2.10. The van der Waals surface area contributed by atoms with Crippen molar-refractivity contribution in [3.8, 4) is 0 Å². The highest BCUT2D eigenvalue weighted by Crippen LogP contribution is 2.06. The summed E-state index contributed by atoms with van der Waals surface area (Å²) in [4.78, 5) is 20.9. The SMILES string of the molecule is O=c1ooc(=O)c2ooc12. The Hall–Kier alpha value is -1.72. The molecule has 0 aliphatic rings. The third kappa shape index (κ3) is 0.426. The summed E-state index contributed by atoms with van der Waals surface area (Å²) in [6, 6.07) is 0. The minimum Gasteiger partial charge on any atom is -0.277 e. The first-order valence-electron chi connectivity index (χ1n) is 2.31. The maximum atomic E-state index is 10.4. The fourth-order valence-electron chi connectivity index (χ4n) is 0.530. The lowest BCUT2D eigenvalue weighted by Gasteiger charge is -1.88. The number of rotatable bonds is 0. The van der Waals surface area contributed by atoms with Gasteiger partial charge in [-0.15, -0.1) is 0 Å². The van der Waals surface area contributed by atoms with Gasteiger partial charge >= 0.3 is 22.4 Å². The van der Waals surface area contributed by atoms with Gasteiger partial charge in [0.15, 0.2) is 0 Å². The molecule has 2 rings (SSSR count). The van der Waals surface area contributed by atoms with Crippen LogP contribution in [-0.4, -0.2) is 0 Å². The van der Waals surface area contributed by atoms with E-state index >= 15 is 0 Å². The first kappa shape index (κ1) is 5.10. The monoisotopic (exact) mass is 144 g/mol. The van der Waals surface area contributed by atoms with Gasteiger partial charge in [-0.3, -0.25) is 9.15 Å². The summed E-state index contributed by atoms with van der Waals surface area (Å²) in [7, 11) is 0. The minimum atomic E-state index is -0.860. The Kier molecular flexibility index (Phi) is 0.717. The van der Waals surface area contributed by atoms with Crippen LogP contribution in [0.3, 0.4) is 0 Å². The molecule has 0 aliphatic carbocycles. The van der Waals surface area contributed by atoms with Crippen LogP contribution in [0.15, 0.2) is 27.9 Å². The van der Waals surface area contributed by atoms with Crippen LogP contribution in [0.2, 0.25) is 0 Å². The lowest BCUT2D eigenvalue weighted by atomic mass is 10.5. The zero-order valence-corrected chi connectivity index (χ0v) is 4.45. The van der Waals surface area contributed by atoms with Crippen molar-refractivity contribution in [2.24, 2.45) is 0 Å². The Morgan fingerprint density at radius 2 is 1.10 bits per heavy atom. The Morgan fingerprint density at radius 1 is 0.700 bits per heavy atom. The molecular formula is C4O6. The summed E-state index contributed by atoms with van der Waals surface area (Å²) >= 11 is 0. The van der Waals surface area contributed by atoms with Crippen molar-refractivity contribution >= 4 is 11.2 Å². The van der Waals surface area contributed by atoms with Gasteiger partial charge in [-0.25, -0.2) is 18.7 Å². The quantitative estimate of drug-likeness (QED) is 0.481. The number of fused-ring (bicyclic) bond motifs is 1. The molecule has 6 nitrogen and oxygen atoms in total. The highest BCUT2D eigenvalue weighted by atomic mass is 17.0. The molecule has 0 fully saturated rings. The predicted molar refractivity (Wildman–Crippen MR) is 25.6 cm³/mol. The van der Waals surface area contributed by atoms with Gasteiger partial charge in [-0.05, 0) is 0 Å². The number of hydrogen-bond acceptors (Lipinski definition) is 6. The molecule has 0 bridgehead atoms. The molecule has 0 spiro atoms. The largest absolute Gasteiger partial charge is 0.430 e. The van der Waals surface area contributed by atoms with Crippen LogP contribution in [0.25, 0.3) is 11.2 Å². The first-order chi connectivity index (χ1) is 4.79. The Labute approximate surface area is 51.5 Å². The Bertz CT molecular complexity index is 406. The van der Waals surface area contributed by atoms with E-state index in [2.05, 4.69) is 18.3 Å². The van der Waals surface area contributed by atoms with Gasteiger partial charge < -0.3 is 0 Å². The molecule has 0 atom stereocenters. The minimum absolute atomic E-state index is 0.240. The maximum Gasteiger partial charge on any atom is 0.430 e. The number of hydrogen-bond donors (Lipinski definition) is 0. The fourth-order valence-corrected chi connectivity index (χ4v) is 0.530. The second kappa shape index (κ2) is 1.41. The first-order valence-corrected chi connectivity index (χ1v) is 2.31. The molecule has 2 aromatic rings. The van der Waals surface area contributed by atoms with E-state index in [9.17, 15) is 9.59 Å². The molecule has 0 unspecified atom stereocenters. The molecule has 0 aliphatic heterocycles. The van der Waals surface area contributed by atoms with E-state index in [0.717, 1.165) is 0 Å². The van der Waals surface area contributed by atoms with E-state index in [1.54, 1.807) is 0 Å². The van der Waals surface area contributed by atoms with Gasteiger partial charge in [0.1, 0.15) is 0 Å². The Balaban J connectivity index is 3.13. The van der Waals surface area contributed by atoms with Crippen molar-refractivity contribution in [2.45, 2.75) is 0 Å². The normalized spacial score (nSPS) is 10.8. The van der Waals surface area contributed by atoms with E-state index in [0.29, 0.717) is 0 Å². The molecule has 2 heterocycles. The van der Waals surface area contributed by atoms with Crippen LogP contribution in [0, 0.1) is 0 Å². The average molecular weight is 144 g/mol. The van der Waals surface area contributed by atoms with Gasteiger partial charge in [-0.1, -0.05) is 0 Å². The van der Waals surface area contributed by atoms with Gasteiger partial charge in [0.05, 0.1) is 0 Å². The highest BCUT2D eigenvalue weighted by Gasteiger charge is 2.16. The van der Waals surface area contributed by atoms with Crippen molar-refractivity contribution in [3.05, 3.63) is 20.8 Å². The summed E-state index contributed by atoms with van der Waals surface area (Å²) in [5.74, 6) is 0. The molecule has 6 heteroatoms. The molecular weight excluding hydrogens is 144 g/mol. The topological polar surface area (TPSA) is 86.7 Å². The third-order valence-corrected chi connectivity index (χ3v) is 0.978. The molecule has 0 aromatic carbocycles. The lowest BCUT2D eigenvalue weighted by molar-refractivity contribution is -0.0131. The van der Waals surface area contributed by atoms with E-state index in [-0.39, 0.29) is 11.2 Å². The van der Waals surface area contributed by atoms with Crippen molar-refractivity contribution < 1.29 is 18.3 Å². The van der Waals surface area contributed by atoms with Gasteiger partial charge in [0.25, 0.3) is 0 Å². The molecule has 2 aromatic heterocycles. The van der Waals surface area contributed by atoms with Gasteiger partial charge in [0, 0.05) is 0 Å². The van der Waals surface area contributed by atoms with Crippen molar-refractivity contribution in [2.75, 3.05) is 0 Å². The van der Waals surface area contributed by atoms with Gasteiger partial charge in [0.2, 0.25) is 0 Å². The van der Waals surface area contributed by atoms with Crippen LogP contribution in [0.5, 0.6) is 0 Å². The van der Waals surface area contributed by atoms with Crippen molar-refractivity contribution in [1.29, 1.82) is 0 Å². The highest BCUT2D eigenvalue weighted by molar-refractivity contribution is 5.65. The van der Waals surface area contributed by atoms with Gasteiger partial charge in [-0.2, -0.15) is 0 Å². The summed E-state index contributed by atoms with van der Waals surface area (Å²) in [5, 5.41) is 0. The van der Waals surface area contributed by atoms with Crippen LogP contribution in [-0.2, 0) is 0 Å². The molecule has 10 heavy (non-hydrogen) atoms. The van der Waals surface area contributed by atoms with Crippen molar-refractivity contribution in [3.63, 3.8) is 0 Å². The molecule has 0 amide bonds. The molecule has 0 N–H and O–H groups in total. The summed E-state index contributed by atoms with van der Waals surface area (Å²) in [6.45, 7) is 0. The Morgan fingerprint density at radius 3 is 1.40 bits per heavy atom. The van der Waals surface area contributed by atoms with E-state index in [4.69, 9.17) is 0 Å². The average Bonchev–Trinajstić information content (AvgIpc) is 1.78. The molecule has 0 saturated carbocycles. The van der Waals surface area contributed by atoms with E-state index < -0.39 is 11.3 Å². The molecule has 0 saturated heterocycles.